The fraction of sp³-hybridized carbons (Fsp3) is 0. The first-order valence-electron chi connectivity index (χ1n) is 9.18. The number of hydrogen-bond donors (Lipinski definition) is 0. The molecular weight excluding hydrogens is 472 g/mol. The molecule has 0 saturated heterocycles. The lowest BCUT2D eigenvalue weighted by molar-refractivity contribution is 1.56. The zero-order chi connectivity index (χ0) is 19.1. The van der Waals surface area contributed by atoms with Crippen molar-refractivity contribution in [3.8, 4) is 22.3 Å². The molecule has 5 aromatic rings. The Morgan fingerprint density at radius 2 is 0.786 bits per heavy atom. The molecule has 0 aromatic heterocycles. The summed E-state index contributed by atoms with van der Waals surface area (Å²) >= 11 is 7.69. The maximum Gasteiger partial charge on any atom is 0.0260 e. The average molecular weight is 488 g/mol. The summed E-state index contributed by atoms with van der Waals surface area (Å²) in [4.78, 5) is 0. The van der Waals surface area contributed by atoms with E-state index in [4.69, 9.17) is 0 Å². The molecule has 0 spiro atoms. The number of rotatable bonds is 2. The van der Waals surface area contributed by atoms with Crippen molar-refractivity contribution in [1.29, 1.82) is 0 Å². The summed E-state index contributed by atoms with van der Waals surface area (Å²) < 4.78 is 2.19. The standard InChI is InChI=1S/C26H16Br2/c27-25-16-24(22-14-6-10-18-8-2-4-12-20(18)22)26(28)15-23(25)21-13-5-9-17-7-1-3-11-19(17)21/h1-16H. The van der Waals surface area contributed by atoms with E-state index in [9.17, 15) is 0 Å². The maximum absolute atomic E-state index is 3.84. The summed E-state index contributed by atoms with van der Waals surface area (Å²) in [7, 11) is 0. The third-order valence-electron chi connectivity index (χ3n) is 5.22. The van der Waals surface area contributed by atoms with E-state index in [1.54, 1.807) is 0 Å². The molecule has 0 nitrogen and oxygen atoms in total. The zero-order valence-corrected chi connectivity index (χ0v) is 18.2. The highest BCUT2D eigenvalue weighted by Crippen LogP contribution is 2.41. The van der Waals surface area contributed by atoms with Crippen molar-refractivity contribution in [2.45, 2.75) is 0 Å². The summed E-state index contributed by atoms with van der Waals surface area (Å²) in [6.45, 7) is 0. The SMILES string of the molecule is Brc1cc(-c2cccc3ccccc23)c(Br)cc1-c1cccc2ccccc12. The molecule has 0 aliphatic rings. The molecule has 0 aliphatic carbocycles. The number of fused-ring (bicyclic) bond motifs is 2. The Bertz CT molecular complexity index is 1220. The predicted molar refractivity (Wildman–Crippen MR) is 128 cm³/mol. The zero-order valence-electron chi connectivity index (χ0n) is 15.0. The van der Waals surface area contributed by atoms with Gasteiger partial charge in [0.25, 0.3) is 0 Å². The fourth-order valence-electron chi connectivity index (χ4n) is 3.88. The van der Waals surface area contributed by atoms with Gasteiger partial charge in [-0.1, -0.05) is 117 Å². The molecule has 0 heterocycles. The molecule has 0 unspecified atom stereocenters. The van der Waals surface area contributed by atoms with Gasteiger partial charge in [0.15, 0.2) is 0 Å². The second-order valence-corrected chi connectivity index (χ2v) is 8.57. The lowest BCUT2D eigenvalue weighted by atomic mass is 9.94. The van der Waals surface area contributed by atoms with E-state index < -0.39 is 0 Å². The van der Waals surface area contributed by atoms with Gasteiger partial charge >= 0.3 is 0 Å². The Morgan fingerprint density at radius 1 is 0.393 bits per heavy atom. The minimum atomic E-state index is 1.09. The second-order valence-electron chi connectivity index (χ2n) is 6.87. The van der Waals surface area contributed by atoms with E-state index >= 15 is 0 Å². The average Bonchev–Trinajstić information content (AvgIpc) is 2.74. The predicted octanol–water partition coefficient (Wildman–Crippen LogP) is 8.85. The molecule has 0 aliphatic heterocycles. The van der Waals surface area contributed by atoms with Crippen LogP contribution in [0.3, 0.4) is 0 Å². The van der Waals surface area contributed by atoms with Gasteiger partial charge in [-0.25, -0.2) is 0 Å². The van der Waals surface area contributed by atoms with Gasteiger partial charge in [-0.15, -0.1) is 0 Å². The summed E-state index contributed by atoms with van der Waals surface area (Å²) in [5.41, 5.74) is 4.84. The van der Waals surface area contributed by atoms with E-state index in [1.807, 2.05) is 0 Å². The first-order valence-corrected chi connectivity index (χ1v) is 10.8. The van der Waals surface area contributed by atoms with Crippen LogP contribution in [0.1, 0.15) is 0 Å². The Hall–Kier alpha value is -2.42. The van der Waals surface area contributed by atoms with Crippen LogP contribution in [0.2, 0.25) is 0 Å². The van der Waals surface area contributed by atoms with Crippen LogP contribution >= 0.6 is 31.9 Å². The summed E-state index contributed by atoms with van der Waals surface area (Å²) in [5.74, 6) is 0. The lowest BCUT2D eigenvalue weighted by Gasteiger charge is -2.14. The Kier molecular flexibility index (Phi) is 4.54. The minimum Gasteiger partial charge on any atom is -0.0616 e. The molecule has 28 heavy (non-hydrogen) atoms. The second kappa shape index (κ2) is 7.20. The quantitative estimate of drug-likeness (QED) is 0.233. The van der Waals surface area contributed by atoms with Crippen molar-refractivity contribution < 1.29 is 0 Å². The molecule has 0 radical (unpaired) electrons. The molecule has 0 atom stereocenters. The number of halogens is 2. The first kappa shape index (κ1) is 17.7. The smallest absolute Gasteiger partial charge is 0.0260 e. The number of benzene rings is 5. The van der Waals surface area contributed by atoms with Gasteiger partial charge in [0.2, 0.25) is 0 Å². The maximum atomic E-state index is 3.84. The highest BCUT2D eigenvalue weighted by atomic mass is 79.9. The van der Waals surface area contributed by atoms with Gasteiger partial charge < -0.3 is 0 Å². The van der Waals surface area contributed by atoms with Crippen molar-refractivity contribution in [1.82, 2.24) is 0 Å². The van der Waals surface area contributed by atoms with Gasteiger partial charge in [0.1, 0.15) is 0 Å². The molecule has 0 saturated carbocycles. The van der Waals surface area contributed by atoms with Crippen LogP contribution in [-0.2, 0) is 0 Å². The van der Waals surface area contributed by atoms with E-state index in [0.717, 1.165) is 8.95 Å². The van der Waals surface area contributed by atoms with Crippen molar-refractivity contribution >= 4 is 53.4 Å². The normalized spacial score (nSPS) is 11.2. The van der Waals surface area contributed by atoms with E-state index in [0.29, 0.717) is 0 Å². The van der Waals surface area contributed by atoms with Crippen molar-refractivity contribution in [2.75, 3.05) is 0 Å². The third-order valence-corrected chi connectivity index (χ3v) is 6.53. The van der Waals surface area contributed by atoms with Gasteiger partial charge in [-0.2, -0.15) is 0 Å². The highest BCUT2D eigenvalue weighted by Gasteiger charge is 2.13. The van der Waals surface area contributed by atoms with Gasteiger partial charge in [0, 0.05) is 8.95 Å². The van der Waals surface area contributed by atoms with Crippen LogP contribution in [0.5, 0.6) is 0 Å². The molecule has 0 amide bonds. The molecule has 5 aromatic carbocycles. The Balaban J connectivity index is 1.73. The molecule has 0 fully saturated rings. The van der Waals surface area contributed by atoms with Crippen LogP contribution in [-0.4, -0.2) is 0 Å². The summed E-state index contributed by atoms with van der Waals surface area (Å²) in [5, 5.41) is 5.02. The van der Waals surface area contributed by atoms with Gasteiger partial charge in [-0.3, -0.25) is 0 Å². The third kappa shape index (κ3) is 2.97. The molecule has 5 rings (SSSR count). The molecule has 2 heteroatoms. The van der Waals surface area contributed by atoms with E-state index in [1.165, 1.54) is 43.8 Å². The Labute approximate surface area is 181 Å². The molecule has 0 N–H and O–H groups in total. The topological polar surface area (TPSA) is 0 Å². The molecule has 134 valence electrons. The van der Waals surface area contributed by atoms with E-state index in [-0.39, 0.29) is 0 Å². The van der Waals surface area contributed by atoms with Crippen molar-refractivity contribution in [2.24, 2.45) is 0 Å². The lowest BCUT2D eigenvalue weighted by Crippen LogP contribution is -1.88. The summed E-state index contributed by atoms with van der Waals surface area (Å²) in [6.07, 6.45) is 0. The molecule has 0 bridgehead atoms. The Morgan fingerprint density at radius 3 is 1.25 bits per heavy atom. The van der Waals surface area contributed by atoms with E-state index in [2.05, 4.69) is 129 Å². The largest absolute Gasteiger partial charge is 0.0616 e. The van der Waals surface area contributed by atoms with Crippen molar-refractivity contribution in [3.63, 3.8) is 0 Å². The monoisotopic (exact) mass is 486 g/mol. The van der Waals surface area contributed by atoms with Crippen LogP contribution in [0.4, 0.5) is 0 Å². The summed E-state index contributed by atoms with van der Waals surface area (Å²) in [6, 6.07) is 34.4. The van der Waals surface area contributed by atoms with Crippen LogP contribution in [0, 0.1) is 0 Å². The van der Waals surface area contributed by atoms with Crippen LogP contribution < -0.4 is 0 Å². The number of hydrogen-bond acceptors (Lipinski definition) is 0. The highest BCUT2D eigenvalue weighted by molar-refractivity contribution is 9.11. The van der Waals surface area contributed by atoms with Gasteiger partial charge in [-0.05, 0) is 55.9 Å². The van der Waals surface area contributed by atoms with Gasteiger partial charge in [0.05, 0.1) is 0 Å². The minimum absolute atomic E-state index is 1.09. The van der Waals surface area contributed by atoms with Crippen LogP contribution in [0.15, 0.2) is 106 Å². The molecular formula is C26H16Br2. The fourth-order valence-corrected chi connectivity index (χ4v) is 4.99. The van der Waals surface area contributed by atoms with Crippen molar-refractivity contribution in [3.05, 3.63) is 106 Å². The first-order chi connectivity index (χ1) is 13.7. The van der Waals surface area contributed by atoms with Crippen LogP contribution in [0.25, 0.3) is 43.8 Å².